The van der Waals surface area contributed by atoms with Crippen LogP contribution < -0.4 is 16.2 Å². The monoisotopic (exact) mass is 306 g/mol. The zero-order valence-electron chi connectivity index (χ0n) is 12.3. The van der Waals surface area contributed by atoms with Crippen LogP contribution in [0.1, 0.15) is 38.5 Å². The Kier molecular flexibility index (Phi) is 3.97. The fourth-order valence-electron chi connectivity index (χ4n) is 3.12. The Bertz CT molecular complexity index is 588. The maximum Gasteiger partial charge on any atom is 0.268 e. The van der Waals surface area contributed by atoms with Crippen LogP contribution in [0.4, 0.5) is 5.69 Å². The van der Waals surface area contributed by atoms with Gasteiger partial charge in [0.1, 0.15) is 0 Å². The van der Waals surface area contributed by atoms with Crippen LogP contribution in [0.15, 0.2) is 17.1 Å². The van der Waals surface area contributed by atoms with E-state index in [1.54, 1.807) is 10.7 Å². The minimum absolute atomic E-state index is 0.0210. The van der Waals surface area contributed by atoms with Crippen LogP contribution in [0.25, 0.3) is 0 Å². The molecule has 1 saturated heterocycles. The fraction of sp³-hybridized carbons (Fsp3) is 0.667. The van der Waals surface area contributed by atoms with Gasteiger partial charge in [0.25, 0.3) is 5.56 Å². The number of nitrogens with zero attached hydrogens (tertiary/aromatic N) is 3. The van der Waals surface area contributed by atoms with Crippen molar-refractivity contribution in [2.75, 3.05) is 18.0 Å². The van der Waals surface area contributed by atoms with E-state index in [9.17, 15) is 4.79 Å². The quantitative estimate of drug-likeness (QED) is 0.839. The first kappa shape index (κ1) is 14.5. The molecular formula is C15H22N4OS. The standard InChI is InChI=1S/C15H22N4OS/c16-13(21)9-15(4-5-15)11-19-14(20)8-12(10-17-19)18-6-2-1-3-7-18/h8,10H,1-7,9,11H2,(H2,16,21). The Morgan fingerprint density at radius 3 is 2.62 bits per heavy atom. The summed E-state index contributed by atoms with van der Waals surface area (Å²) in [7, 11) is 0. The highest BCUT2D eigenvalue weighted by Gasteiger charge is 2.43. The van der Waals surface area contributed by atoms with Gasteiger partial charge in [-0.1, -0.05) is 12.2 Å². The van der Waals surface area contributed by atoms with Crippen LogP contribution >= 0.6 is 12.2 Å². The second-order valence-corrected chi connectivity index (χ2v) is 6.92. The van der Waals surface area contributed by atoms with Gasteiger partial charge in [-0.2, -0.15) is 5.10 Å². The average molecular weight is 306 g/mol. The third kappa shape index (κ3) is 3.43. The van der Waals surface area contributed by atoms with Crippen LogP contribution in [0.3, 0.4) is 0 Å². The van der Waals surface area contributed by atoms with Gasteiger partial charge in [-0.05, 0) is 37.5 Å². The first-order valence-electron chi connectivity index (χ1n) is 7.68. The summed E-state index contributed by atoms with van der Waals surface area (Å²) in [6.07, 6.45) is 8.36. The van der Waals surface area contributed by atoms with E-state index >= 15 is 0 Å². The van der Waals surface area contributed by atoms with E-state index in [0.717, 1.165) is 31.6 Å². The molecule has 0 atom stereocenters. The van der Waals surface area contributed by atoms with Gasteiger partial charge in [0.2, 0.25) is 0 Å². The third-order valence-corrected chi connectivity index (χ3v) is 4.71. The molecule has 5 nitrogen and oxygen atoms in total. The molecule has 0 radical (unpaired) electrons. The normalized spacial score (nSPS) is 20.3. The van der Waals surface area contributed by atoms with Crippen molar-refractivity contribution in [2.45, 2.75) is 45.1 Å². The van der Waals surface area contributed by atoms with Crippen LogP contribution in [-0.2, 0) is 6.54 Å². The lowest BCUT2D eigenvalue weighted by atomic mass is 10.0. The molecule has 1 aliphatic heterocycles. The number of rotatable bonds is 5. The number of hydrogen-bond acceptors (Lipinski definition) is 4. The number of piperidine rings is 1. The molecule has 0 aromatic carbocycles. The molecule has 2 heterocycles. The molecule has 21 heavy (non-hydrogen) atoms. The molecule has 0 spiro atoms. The van der Waals surface area contributed by atoms with Crippen molar-refractivity contribution >= 4 is 22.9 Å². The predicted octanol–water partition coefficient (Wildman–Crippen LogP) is 1.69. The van der Waals surface area contributed by atoms with Gasteiger partial charge in [-0.15, -0.1) is 0 Å². The van der Waals surface area contributed by atoms with E-state index in [1.807, 2.05) is 6.20 Å². The summed E-state index contributed by atoms with van der Waals surface area (Å²) in [5.41, 5.74) is 6.66. The third-order valence-electron chi connectivity index (χ3n) is 4.57. The lowest BCUT2D eigenvalue weighted by Crippen LogP contribution is -2.33. The van der Waals surface area contributed by atoms with Crippen LogP contribution in [-0.4, -0.2) is 27.9 Å². The zero-order valence-corrected chi connectivity index (χ0v) is 13.1. The molecule has 1 saturated carbocycles. The molecule has 1 aromatic rings. The van der Waals surface area contributed by atoms with Crippen LogP contribution in [0.5, 0.6) is 0 Å². The second-order valence-electron chi connectivity index (χ2n) is 6.40. The van der Waals surface area contributed by atoms with Crippen molar-refractivity contribution in [1.82, 2.24) is 9.78 Å². The zero-order chi connectivity index (χ0) is 14.9. The minimum atomic E-state index is -0.0210. The highest BCUT2D eigenvalue weighted by molar-refractivity contribution is 7.80. The van der Waals surface area contributed by atoms with Gasteiger partial charge >= 0.3 is 0 Å². The molecule has 2 aliphatic rings. The number of thiocarbonyl (C=S) groups is 1. The number of anilines is 1. The largest absolute Gasteiger partial charge is 0.393 e. The van der Waals surface area contributed by atoms with Crippen LogP contribution in [0.2, 0.25) is 0 Å². The molecule has 3 rings (SSSR count). The van der Waals surface area contributed by atoms with Gasteiger partial charge < -0.3 is 10.6 Å². The van der Waals surface area contributed by atoms with E-state index in [2.05, 4.69) is 10.00 Å². The summed E-state index contributed by atoms with van der Waals surface area (Å²) in [4.78, 5) is 15.1. The molecule has 0 bridgehead atoms. The van der Waals surface area contributed by atoms with Crippen molar-refractivity contribution in [3.63, 3.8) is 0 Å². The van der Waals surface area contributed by atoms with Crippen molar-refractivity contribution in [1.29, 1.82) is 0 Å². The summed E-state index contributed by atoms with van der Waals surface area (Å²) in [6.45, 7) is 2.68. The number of nitrogens with two attached hydrogens (primary N) is 1. The summed E-state index contributed by atoms with van der Waals surface area (Å²) < 4.78 is 1.57. The molecule has 6 heteroatoms. The molecular weight excluding hydrogens is 284 g/mol. The van der Waals surface area contributed by atoms with Gasteiger partial charge in [-0.3, -0.25) is 4.79 Å². The predicted molar refractivity (Wildman–Crippen MR) is 87.6 cm³/mol. The molecule has 1 aromatic heterocycles. The molecule has 2 fully saturated rings. The van der Waals surface area contributed by atoms with Crippen LogP contribution in [0, 0.1) is 5.41 Å². The fourth-order valence-corrected chi connectivity index (χ4v) is 3.43. The summed E-state index contributed by atoms with van der Waals surface area (Å²) in [6, 6.07) is 1.72. The van der Waals surface area contributed by atoms with E-state index in [0.29, 0.717) is 18.0 Å². The Morgan fingerprint density at radius 1 is 1.33 bits per heavy atom. The first-order chi connectivity index (χ1) is 10.1. The number of aromatic nitrogens is 2. The van der Waals surface area contributed by atoms with Crippen molar-refractivity contribution in [3.05, 3.63) is 22.6 Å². The van der Waals surface area contributed by atoms with Gasteiger partial charge in [-0.25, -0.2) is 4.68 Å². The summed E-state index contributed by atoms with van der Waals surface area (Å²) >= 11 is 5.00. The average Bonchev–Trinajstić information content (AvgIpc) is 3.21. The Morgan fingerprint density at radius 2 is 2.05 bits per heavy atom. The van der Waals surface area contributed by atoms with E-state index in [4.69, 9.17) is 18.0 Å². The van der Waals surface area contributed by atoms with Gasteiger partial charge in [0.15, 0.2) is 0 Å². The second kappa shape index (κ2) is 5.75. The van der Waals surface area contributed by atoms with Crippen molar-refractivity contribution in [2.24, 2.45) is 11.1 Å². The van der Waals surface area contributed by atoms with E-state index in [1.165, 1.54) is 19.3 Å². The molecule has 2 N–H and O–H groups in total. The molecule has 1 aliphatic carbocycles. The first-order valence-corrected chi connectivity index (χ1v) is 8.09. The SMILES string of the molecule is NC(=S)CC1(Cn2ncc(N3CCCCC3)cc2=O)CC1. The lowest BCUT2D eigenvalue weighted by Gasteiger charge is -2.28. The molecule has 0 unspecified atom stereocenters. The molecule has 114 valence electrons. The Hall–Kier alpha value is -1.43. The summed E-state index contributed by atoms with van der Waals surface area (Å²) in [5, 5.41) is 4.36. The highest BCUT2D eigenvalue weighted by atomic mass is 32.1. The van der Waals surface area contributed by atoms with Crippen molar-refractivity contribution < 1.29 is 0 Å². The Labute approximate surface area is 130 Å². The lowest BCUT2D eigenvalue weighted by molar-refractivity contribution is 0.397. The Balaban J connectivity index is 1.73. The maximum atomic E-state index is 12.3. The van der Waals surface area contributed by atoms with E-state index in [-0.39, 0.29) is 11.0 Å². The van der Waals surface area contributed by atoms with Crippen molar-refractivity contribution in [3.8, 4) is 0 Å². The smallest absolute Gasteiger partial charge is 0.268 e. The number of hydrogen-bond donors (Lipinski definition) is 1. The minimum Gasteiger partial charge on any atom is -0.393 e. The highest BCUT2D eigenvalue weighted by Crippen LogP contribution is 2.49. The van der Waals surface area contributed by atoms with Gasteiger partial charge in [0.05, 0.1) is 23.4 Å². The topological polar surface area (TPSA) is 64.2 Å². The van der Waals surface area contributed by atoms with E-state index < -0.39 is 0 Å². The van der Waals surface area contributed by atoms with Gasteiger partial charge in [0, 0.05) is 25.6 Å². The molecule has 0 amide bonds. The maximum absolute atomic E-state index is 12.3. The summed E-state index contributed by atoms with van der Waals surface area (Å²) in [5.74, 6) is 0.